The number of nitro groups is 1. The Bertz CT molecular complexity index is 754. The number of hydrogen-bond acceptors (Lipinski definition) is 6. The number of anilines is 1. The van der Waals surface area contributed by atoms with Gasteiger partial charge >= 0.3 is 5.00 Å². The number of nitrogens with one attached hydrogen (secondary N) is 1. The zero-order valence-corrected chi connectivity index (χ0v) is 11.7. The lowest BCUT2D eigenvalue weighted by molar-refractivity contribution is -0.380. The maximum atomic E-state index is 10.7. The van der Waals surface area contributed by atoms with Crippen LogP contribution in [0, 0.1) is 10.1 Å². The maximum absolute atomic E-state index is 10.7. The summed E-state index contributed by atoms with van der Waals surface area (Å²) in [6, 6.07) is 11.0. The van der Waals surface area contributed by atoms with Gasteiger partial charge in [-0.3, -0.25) is 10.1 Å². The van der Waals surface area contributed by atoms with Crippen LogP contribution in [0.5, 0.6) is 0 Å². The smallest absolute Gasteiger partial charge is 0.324 e. The molecule has 0 spiro atoms. The Balaban J connectivity index is 1.77. The molecule has 3 rings (SSSR count). The van der Waals surface area contributed by atoms with Crippen molar-refractivity contribution < 1.29 is 4.92 Å². The molecule has 0 unspecified atom stereocenters. The first-order valence-electron chi connectivity index (χ1n) is 6.17. The predicted octanol–water partition coefficient (Wildman–Crippen LogP) is 2.85. The minimum Gasteiger partial charge on any atom is -0.378 e. The lowest BCUT2D eigenvalue weighted by Crippen LogP contribution is -2.04. The van der Waals surface area contributed by atoms with E-state index in [4.69, 9.17) is 0 Å². The van der Waals surface area contributed by atoms with Gasteiger partial charge in [0.25, 0.3) is 0 Å². The van der Waals surface area contributed by atoms with Gasteiger partial charge in [0.1, 0.15) is 0 Å². The summed E-state index contributed by atoms with van der Waals surface area (Å²) in [5.41, 5.74) is 1.76. The van der Waals surface area contributed by atoms with Gasteiger partial charge in [-0.25, -0.2) is 4.68 Å². The summed E-state index contributed by atoms with van der Waals surface area (Å²) in [5.74, 6) is 0. The van der Waals surface area contributed by atoms with E-state index in [1.165, 1.54) is 17.4 Å². The van der Waals surface area contributed by atoms with Crippen LogP contribution in [0.1, 0.15) is 4.88 Å². The molecule has 0 fully saturated rings. The number of hydrogen-bond donors (Lipinski definition) is 1. The van der Waals surface area contributed by atoms with E-state index in [1.54, 1.807) is 23.1 Å². The van der Waals surface area contributed by atoms with Crippen LogP contribution >= 0.6 is 11.3 Å². The minimum atomic E-state index is -0.377. The molecule has 0 amide bonds. The van der Waals surface area contributed by atoms with Crippen molar-refractivity contribution in [2.75, 3.05) is 5.32 Å². The number of benzene rings is 1. The Hall–Kier alpha value is -2.74. The molecule has 106 valence electrons. The number of rotatable bonds is 5. The fourth-order valence-electron chi connectivity index (χ4n) is 1.90. The fourth-order valence-corrected chi connectivity index (χ4v) is 2.66. The summed E-state index contributed by atoms with van der Waals surface area (Å²) in [6.45, 7) is 0.518. The highest BCUT2D eigenvalue weighted by atomic mass is 32.1. The first-order chi connectivity index (χ1) is 10.2. The highest BCUT2D eigenvalue weighted by molar-refractivity contribution is 7.15. The third-order valence-corrected chi connectivity index (χ3v) is 3.89. The average molecular weight is 301 g/mol. The quantitative estimate of drug-likeness (QED) is 0.578. The van der Waals surface area contributed by atoms with Crippen molar-refractivity contribution in [3.8, 4) is 5.69 Å². The molecular weight excluding hydrogens is 290 g/mol. The van der Waals surface area contributed by atoms with Crippen molar-refractivity contribution in [3.63, 3.8) is 0 Å². The Labute approximate surface area is 124 Å². The molecule has 0 aliphatic rings. The molecule has 1 aromatic carbocycles. The molecule has 0 aliphatic carbocycles. The van der Waals surface area contributed by atoms with Gasteiger partial charge in [0.15, 0.2) is 0 Å². The molecule has 0 atom stereocenters. The summed E-state index contributed by atoms with van der Waals surface area (Å²) >= 11 is 1.17. The Kier molecular flexibility index (Phi) is 3.61. The number of nitrogens with zero attached hydrogens (tertiary/aromatic N) is 4. The summed E-state index contributed by atoms with van der Waals surface area (Å²) in [7, 11) is 0. The van der Waals surface area contributed by atoms with Crippen LogP contribution in [0.2, 0.25) is 0 Å². The first-order valence-corrected chi connectivity index (χ1v) is 6.98. The van der Waals surface area contributed by atoms with Gasteiger partial charge in [0, 0.05) is 17.5 Å². The Morgan fingerprint density at radius 2 is 2.14 bits per heavy atom. The van der Waals surface area contributed by atoms with E-state index in [1.807, 2.05) is 24.3 Å². The molecule has 0 aliphatic heterocycles. The second kappa shape index (κ2) is 5.71. The van der Waals surface area contributed by atoms with Crippen LogP contribution in [0.3, 0.4) is 0 Å². The molecule has 8 heteroatoms. The lowest BCUT2D eigenvalue weighted by atomic mass is 10.2. The summed E-state index contributed by atoms with van der Waals surface area (Å²) in [6.07, 6.45) is 3.37. The van der Waals surface area contributed by atoms with Crippen LogP contribution < -0.4 is 5.32 Å². The minimum absolute atomic E-state index is 0.149. The predicted molar refractivity (Wildman–Crippen MR) is 79.7 cm³/mol. The van der Waals surface area contributed by atoms with Gasteiger partial charge < -0.3 is 5.32 Å². The highest BCUT2D eigenvalue weighted by Gasteiger charge is 2.10. The second-order valence-electron chi connectivity index (χ2n) is 4.22. The molecular formula is C13H11N5O2S. The molecule has 2 aromatic heterocycles. The van der Waals surface area contributed by atoms with E-state index in [9.17, 15) is 10.1 Å². The van der Waals surface area contributed by atoms with E-state index in [-0.39, 0.29) is 9.92 Å². The summed E-state index contributed by atoms with van der Waals surface area (Å²) in [5, 5.41) is 21.9. The van der Waals surface area contributed by atoms with E-state index < -0.39 is 0 Å². The fraction of sp³-hybridized carbons (Fsp3) is 0.0769. The normalized spacial score (nSPS) is 10.5. The van der Waals surface area contributed by atoms with Gasteiger partial charge in [-0.15, -0.1) is 5.10 Å². The van der Waals surface area contributed by atoms with Crippen molar-refractivity contribution in [3.05, 3.63) is 63.8 Å². The van der Waals surface area contributed by atoms with Crippen molar-refractivity contribution in [1.29, 1.82) is 0 Å². The van der Waals surface area contributed by atoms with Crippen LogP contribution in [-0.4, -0.2) is 19.9 Å². The number of para-hydroxylation sites is 2. The van der Waals surface area contributed by atoms with E-state index in [2.05, 4.69) is 15.6 Å². The third kappa shape index (κ3) is 2.90. The van der Waals surface area contributed by atoms with Gasteiger partial charge in [-0.05, 0) is 18.2 Å². The highest BCUT2D eigenvalue weighted by Crippen LogP contribution is 2.26. The van der Waals surface area contributed by atoms with Crippen molar-refractivity contribution >= 4 is 22.0 Å². The zero-order chi connectivity index (χ0) is 14.7. The van der Waals surface area contributed by atoms with Crippen LogP contribution in [-0.2, 0) is 6.54 Å². The molecule has 0 radical (unpaired) electrons. The lowest BCUT2D eigenvalue weighted by Gasteiger charge is -2.10. The second-order valence-corrected chi connectivity index (χ2v) is 5.36. The van der Waals surface area contributed by atoms with E-state index in [0.29, 0.717) is 6.54 Å². The van der Waals surface area contributed by atoms with Crippen LogP contribution in [0.4, 0.5) is 10.7 Å². The van der Waals surface area contributed by atoms with Crippen molar-refractivity contribution in [1.82, 2.24) is 15.0 Å². The van der Waals surface area contributed by atoms with E-state index in [0.717, 1.165) is 16.3 Å². The largest absolute Gasteiger partial charge is 0.378 e. The van der Waals surface area contributed by atoms with Crippen LogP contribution in [0.25, 0.3) is 5.69 Å². The molecule has 0 saturated carbocycles. The molecule has 2 heterocycles. The molecule has 0 saturated heterocycles. The molecule has 3 aromatic rings. The maximum Gasteiger partial charge on any atom is 0.324 e. The zero-order valence-electron chi connectivity index (χ0n) is 10.8. The Morgan fingerprint density at radius 3 is 2.86 bits per heavy atom. The van der Waals surface area contributed by atoms with Gasteiger partial charge in [0.2, 0.25) is 0 Å². The van der Waals surface area contributed by atoms with E-state index >= 15 is 0 Å². The monoisotopic (exact) mass is 301 g/mol. The number of aromatic nitrogens is 3. The third-order valence-electron chi connectivity index (χ3n) is 2.85. The first kappa shape index (κ1) is 13.3. The molecule has 1 N–H and O–H groups in total. The topological polar surface area (TPSA) is 85.9 Å². The molecule has 21 heavy (non-hydrogen) atoms. The SMILES string of the molecule is O=[N+]([O-])c1ccc(CNc2ccccc2-n2ccnn2)s1. The number of thiophene rings is 1. The van der Waals surface area contributed by atoms with Gasteiger partial charge in [-0.2, -0.15) is 0 Å². The molecule has 0 bridgehead atoms. The van der Waals surface area contributed by atoms with Gasteiger partial charge in [-0.1, -0.05) is 28.7 Å². The van der Waals surface area contributed by atoms with Crippen LogP contribution in [0.15, 0.2) is 48.8 Å². The summed E-state index contributed by atoms with van der Waals surface area (Å²) < 4.78 is 1.67. The summed E-state index contributed by atoms with van der Waals surface area (Å²) in [4.78, 5) is 11.2. The van der Waals surface area contributed by atoms with Crippen molar-refractivity contribution in [2.24, 2.45) is 0 Å². The van der Waals surface area contributed by atoms with Gasteiger partial charge in [0.05, 0.1) is 28.7 Å². The Morgan fingerprint density at radius 1 is 1.29 bits per heavy atom. The standard InChI is InChI=1S/C13H11N5O2S/c19-18(20)13-6-5-10(21-13)9-14-11-3-1-2-4-12(11)17-8-7-15-16-17/h1-8,14H,9H2. The molecule has 7 nitrogen and oxygen atoms in total. The van der Waals surface area contributed by atoms with Crippen molar-refractivity contribution in [2.45, 2.75) is 6.54 Å². The average Bonchev–Trinajstić information content (AvgIpc) is 3.17.